The highest BCUT2D eigenvalue weighted by atomic mass is 35.5. The number of likely N-dealkylation sites (tertiary alicyclic amines) is 1. The van der Waals surface area contributed by atoms with E-state index in [9.17, 15) is 4.79 Å². The first-order valence-corrected chi connectivity index (χ1v) is 15.2. The Hall–Kier alpha value is -3.02. The standard InChI is InChI=1S/C35H43ClN2O3/c1-24-28(10-8-13-31(24)40-21-9-18-38-20-17-35(38,5)6)30-12-7-11-29(32(30)36)26-14-15-27-23-37(19-16-25(27)22-26)33(39)41-34(2,3)4/h7-8,10-15,22H,9,16-21,23H2,1-6H3. The van der Waals surface area contributed by atoms with Gasteiger partial charge in [0.1, 0.15) is 11.4 Å². The fourth-order valence-electron chi connectivity index (χ4n) is 5.80. The molecule has 0 radical (unpaired) electrons. The second-order valence-corrected chi connectivity index (χ2v) is 13.4. The van der Waals surface area contributed by atoms with Crippen LogP contribution in [0.25, 0.3) is 22.3 Å². The first-order chi connectivity index (χ1) is 19.4. The van der Waals surface area contributed by atoms with Gasteiger partial charge in [0, 0.05) is 42.8 Å². The van der Waals surface area contributed by atoms with E-state index in [4.69, 9.17) is 21.1 Å². The van der Waals surface area contributed by atoms with Crippen LogP contribution in [0.5, 0.6) is 5.75 Å². The van der Waals surface area contributed by atoms with Crippen molar-refractivity contribution in [1.82, 2.24) is 9.80 Å². The highest BCUT2D eigenvalue weighted by Gasteiger charge is 2.34. The van der Waals surface area contributed by atoms with Gasteiger partial charge in [0.25, 0.3) is 0 Å². The van der Waals surface area contributed by atoms with Crippen LogP contribution in [-0.2, 0) is 17.7 Å². The predicted octanol–water partition coefficient (Wildman–Crippen LogP) is 8.53. The molecular formula is C35H43ClN2O3. The van der Waals surface area contributed by atoms with Gasteiger partial charge in [0.05, 0.1) is 11.6 Å². The Morgan fingerprint density at radius 3 is 2.41 bits per heavy atom. The minimum absolute atomic E-state index is 0.260. The van der Waals surface area contributed by atoms with Crippen molar-refractivity contribution in [2.75, 3.05) is 26.2 Å². The zero-order valence-corrected chi connectivity index (χ0v) is 26.1. The van der Waals surface area contributed by atoms with Crippen molar-refractivity contribution < 1.29 is 14.3 Å². The van der Waals surface area contributed by atoms with Crippen molar-refractivity contribution in [3.63, 3.8) is 0 Å². The number of fused-ring (bicyclic) bond motifs is 1. The summed E-state index contributed by atoms with van der Waals surface area (Å²) in [5.74, 6) is 0.912. The Balaban J connectivity index is 1.31. The Labute approximate surface area is 250 Å². The van der Waals surface area contributed by atoms with E-state index in [0.29, 0.717) is 25.2 Å². The van der Waals surface area contributed by atoms with Crippen molar-refractivity contribution in [2.24, 2.45) is 0 Å². The zero-order valence-electron chi connectivity index (χ0n) is 25.4. The van der Waals surface area contributed by atoms with E-state index >= 15 is 0 Å². The number of amides is 1. The molecule has 0 N–H and O–H groups in total. The fraction of sp³-hybridized carbons (Fsp3) is 0.457. The number of benzene rings is 3. The number of carbonyl (C=O) groups is 1. The lowest BCUT2D eigenvalue weighted by atomic mass is 9.89. The van der Waals surface area contributed by atoms with Crippen LogP contribution in [0.15, 0.2) is 54.6 Å². The van der Waals surface area contributed by atoms with Gasteiger partial charge in [-0.05, 0) is 94.7 Å². The molecule has 3 aromatic carbocycles. The summed E-state index contributed by atoms with van der Waals surface area (Å²) >= 11 is 7.11. The molecule has 1 amide bonds. The molecule has 1 fully saturated rings. The topological polar surface area (TPSA) is 42.0 Å². The second-order valence-electron chi connectivity index (χ2n) is 13.0. The quantitative estimate of drug-likeness (QED) is 0.265. The molecule has 0 unspecified atom stereocenters. The number of rotatable bonds is 7. The molecule has 41 heavy (non-hydrogen) atoms. The summed E-state index contributed by atoms with van der Waals surface area (Å²) in [6, 6.07) is 18.9. The normalized spacial score (nSPS) is 16.6. The molecule has 2 aliphatic heterocycles. The summed E-state index contributed by atoms with van der Waals surface area (Å²) in [5.41, 5.74) is 7.50. The summed E-state index contributed by atoms with van der Waals surface area (Å²) in [6.45, 7) is 16.6. The molecule has 2 heterocycles. The number of carbonyl (C=O) groups excluding carboxylic acids is 1. The fourth-order valence-corrected chi connectivity index (χ4v) is 6.13. The largest absolute Gasteiger partial charge is 0.493 e. The lowest BCUT2D eigenvalue weighted by Crippen LogP contribution is -2.55. The third-order valence-corrected chi connectivity index (χ3v) is 8.84. The molecule has 0 atom stereocenters. The summed E-state index contributed by atoms with van der Waals surface area (Å²) in [7, 11) is 0. The number of hydrogen-bond acceptors (Lipinski definition) is 4. The van der Waals surface area contributed by atoms with Gasteiger partial charge in [-0.3, -0.25) is 4.90 Å². The van der Waals surface area contributed by atoms with E-state index in [1.54, 1.807) is 4.90 Å². The highest BCUT2D eigenvalue weighted by molar-refractivity contribution is 6.36. The van der Waals surface area contributed by atoms with Gasteiger partial charge in [-0.25, -0.2) is 4.79 Å². The number of ether oxygens (including phenoxy) is 2. The summed E-state index contributed by atoms with van der Waals surface area (Å²) in [5, 5.41) is 0.735. The van der Waals surface area contributed by atoms with Crippen molar-refractivity contribution in [3.8, 4) is 28.0 Å². The third kappa shape index (κ3) is 6.57. The number of hydrogen-bond donors (Lipinski definition) is 0. The monoisotopic (exact) mass is 574 g/mol. The highest BCUT2D eigenvalue weighted by Crippen LogP contribution is 2.40. The molecular weight excluding hydrogens is 532 g/mol. The lowest BCUT2D eigenvalue weighted by Gasteiger charge is -2.48. The summed E-state index contributed by atoms with van der Waals surface area (Å²) < 4.78 is 11.8. The second kappa shape index (κ2) is 11.7. The first-order valence-electron chi connectivity index (χ1n) is 14.8. The molecule has 3 aromatic rings. The Bertz CT molecular complexity index is 1430. The van der Waals surface area contributed by atoms with E-state index < -0.39 is 5.60 Å². The molecule has 2 aliphatic rings. The van der Waals surface area contributed by atoms with Crippen molar-refractivity contribution in [2.45, 2.75) is 78.5 Å². The summed E-state index contributed by atoms with van der Waals surface area (Å²) in [4.78, 5) is 16.9. The van der Waals surface area contributed by atoms with E-state index in [1.165, 1.54) is 18.5 Å². The number of halogens is 1. The minimum Gasteiger partial charge on any atom is -0.493 e. The zero-order chi connectivity index (χ0) is 29.4. The molecule has 6 heteroatoms. The molecule has 0 aliphatic carbocycles. The lowest BCUT2D eigenvalue weighted by molar-refractivity contribution is 0.0123. The van der Waals surface area contributed by atoms with Gasteiger partial charge >= 0.3 is 6.09 Å². The van der Waals surface area contributed by atoms with Crippen molar-refractivity contribution in [1.29, 1.82) is 0 Å². The van der Waals surface area contributed by atoms with E-state index in [0.717, 1.165) is 63.5 Å². The van der Waals surface area contributed by atoms with Gasteiger partial charge in [0.2, 0.25) is 0 Å². The smallest absolute Gasteiger partial charge is 0.410 e. The average molecular weight is 575 g/mol. The third-order valence-electron chi connectivity index (χ3n) is 8.43. The molecule has 5 rings (SSSR count). The van der Waals surface area contributed by atoms with Gasteiger partial charge in [-0.2, -0.15) is 0 Å². The molecule has 1 saturated heterocycles. The number of nitrogens with zero attached hydrogens (tertiary/aromatic N) is 2. The van der Waals surface area contributed by atoms with Crippen LogP contribution in [0, 0.1) is 6.92 Å². The van der Waals surface area contributed by atoms with Crippen molar-refractivity contribution >= 4 is 17.7 Å². The van der Waals surface area contributed by atoms with Crippen LogP contribution in [0.4, 0.5) is 4.79 Å². The molecule has 0 spiro atoms. The van der Waals surface area contributed by atoms with Crippen LogP contribution >= 0.6 is 11.6 Å². The first kappa shape index (κ1) is 29.5. The maximum atomic E-state index is 12.6. The Morgan fingerprint density at radius 2 is 1.71 bits per heavy atom. The van der Waals surface area contributed by atoms with Gasteiger partial charge in [-0.15, -0.1) is 0 Å². The van der Waals surface area contributed by atoms with Gasteiger partial charge < -0.3 is 14.4 Å². The maximum absolute atomic E-state index is 12.6. The Morgan fingerprint density at radius 1 is 0.976 bits per heavy atom. The minimum atomic E-state index is -0.502. The molecule has 5 nitrogen and oxygen atoms in total. The summed E-state index contributed by atoms with van der Waals surface area (Å²) in [6.07, 6.45) is 2.81. The van der Waals surface area contributed by atoms with Crippen molar-refractivity contribution in [3.05, 3.63) is 76.3 Å². The van der Waals surface area contributed by atoms with Crippen LogP contribution < -0.4 is 4.74 Å². The maximum Gasteiger partial charge on any atom is 0.410 e. The van der Waals surface area contributed by atoms with E-state index in [1.807, 2.05) is 26.8 Å². The molecule has 0 bridgehead atoms. The van der Waals surface area contributed by atoms with E-state index in [2.05, 4.69) is 74.2 Å². The average Bonchev–Trinajstić information content (AvgIpc) is 2.92. The SMILES string of the molecule is Cc1c(OCCCN2CCC2(C)C)cccc1-c1cccc(-c2ccc3c(c2)CCN(C(=O)OC(C)(C)C)C3)c1Cl. The van der Waals surface area contributed by atoms with E-state index in [-0.39, 0.29) is 6.09 Å². The molecule has 218 valence electrons. The Kier molecular flexibility index (Phi) is 8.41. The molecule has 0 saturated carbocycles. The van der Waals surface area contributed by atoms with Crippen LogP contribution in [0.2, 0.25) is 5.02 Å². The van der Waals surface area contributed by atoms with Gasteiger partial charge in [-0.1, -0.05) is 60.1 Å². The van der Waals surface area contributed by atoms with Crippen LogP contribution in [0.1, 0.15) is 64.2 Å². The van der Waals surface area contributed by atoms with Gasteiger partial charge in [0.15, 0.2) is 0 Å². The predicted molar refractivity (Wildman–Crippen MR) is 168 cm³/mol. The van der Waals surface area contributed by atoms with Crippen LogP contribution in [-0.4, -0.2) is 53.3 Å². The van der Waals surface area contributed by atoms with Crippen LogP contribution in [0.3, 0.4) is 0 Å². The molecule has 0 aromatic heterocycles.